The maximum Gasteiger partial charge on any atom is 0.330 e. The Bertz CT molecular complexity index is 302. The number of ether oxygens (including phenoxy) is 2. The van der Waals surface area contributed by atoms with Gasteiger partial charge >= 0.3 is 11.9 Å². The Morgan fingerprint density at radius 2 is 1.88 bits per heavy atom. The second-order valence-electron chi connectivity index (χ2n) is 2.62. The molecule has 0 spiro atoms. The summed E-state index contributed by atoms with van der Waals surface area (Å²) in [6.45, 7) is 0. The number of nitrogens with one attached hydrogen (secondary N) is 1. The van der Waals surface area contributed by atoms with Crippen molar-refractivity contribution in [3.8, 4) is 0 Å². The van der Waals surface area contributed by atoms with Gasteiger partial charge in [0.2, 0.25) is 5.91 Å². The minimum atomic E-state index is -0.844. The average molecular weight is 247 g/mol. The molecule has 1 amide bonds. The van der Waals surface area contributed by atoms with Crippen LogP contribution in [0, 0.1) is 0 Å². The van der Waals surface area contributed by atoms with E-state index in [0.717, 1.165) is 12.2 Å². The van der Waals surface area contributed by atoms with Crippen LogP contribution in [0.15, 0.2) is 12.2 Å². The first-order valence-corrected chi connectivity index (χ1v) is 4.93. The van der Waals surface area contributed by atoms with Gasteiger partial charge < -0.3 is 14.8 Å². The summed E-state index contributed by atoms with van der Waals surface area (Å²) in [5.41, 5.74) is 0. The molecule has 0 bridgehead atoms. The lowest BCUT2D eigenvalue weighted by molar-refractivity contribution is -0.143. The number of thiol groups is 1. The summed E-state index contributed by atoms with van der Waals surface area (Å²) in [6, 6.07) is -0.844. The molecule has 7 heteroatoms. The third-order valence-corrected chi connectivity index (χ3v) is 1.92. The van der Waals surface area contributed by atoms with Crippen LogP contribution in [0.5, 0.6) is 0 Å². The van der Waals surface area contributed by atoms with Crippen molar-refractivity contribution < 1.29 is 23.9 Å². The molecular formula is C9H13NO5S. The molecular weight excluding hydrogens is 234 g/mol. The number of methoxy groups -OCH3 is 2. The number of amides is 1. The zero-order valence-corrected chi connectivity index (χ0v) is 9.82. The Kier molecular flexibility index (Phi) is 7.02. The number of carbonyl (C=O) groups excluding carboxylic acids is 3. The fraction of sp³-hybridized carbons (Fsp3) is 0.444. The first-order valence-electron chi connectivity index (χ1n) is 4.30. The van der Waals surface area contributed by atoms with Crippen LogP contribution < -0.4 is 5.32 Å². The van der Waals surface area contributed by atoms with Crippen molar-refractivity contribution in [3.63, 3.8) is 0 Å². The molecule has 1 atom stereocenters. The Morgan fingerprint density at radius 3 is 2.31 bits per heavy atom. The maximum atomic E-state index is 11.2. The largest absolute Gasteiger partial charge is 0.467 e. The Balaban J connectivity index is 4.26. The molecule has 0 heterocycles. The number of rotatable bonds is 5. The van der Waals surface area contributed by atoms with Crippen molar-refractivity contribution >= 4 is 30.5 Å². The fourth-order valence-corrected chi connectivity index (χ4v) is 0.993. The summed E-state index contributed by atoms with van der Waals surface area (Å²) < 4.78 is 8.72. The minimum Gasteiger partial charge on any atom is -0.467 e. The van der Waals surface area contributed by atoms with E-state index in [1.165, 1.54) is 14.2 Å². The van der Waals surface area contributed by atoms with E-state index in [9.17, 15) is 14.4 Å². The monoisotopic (exact) mass is 247 g/mol. The first-order chi connectivity index (χ1) is 7.54. The zero-order valence-electron chi connectivity index (χ0n) is 8.93. The quantitative estimate of drug-likeness (QED) is 0.381. The van der Waals surface area contributed by atoms with E-state index in [1.54, 1.807) is 0 Å². The van der Waals surface area contributed by atoms with Crippen molar-refractivity contribution in [2.75, 3.05) is 20.0 Å². The zero-order chi connectivity index (χ0) is 12.6. The molecule has 0 saturated heterocycles. The molecule has 0 fully saturated rings. The molecule has 6 nitrogen and oxygen atoms in total. The topological polar surface area (TPSA) is 81.7 Å². The van der Waals surface area contributed by atoms with Gasteiger partial charge in [0.05, 0.1) is 14.2 Å². The number of hydrogen-bond acceptors (Lipinski definition) is 6. The van der Waals surface area contributed by atoms with Crippen LogP contribution in [0.2, 0.25) is 0 Å². The van der Waals surface area contributed by atoms with E-state index in [1.807, 2.05) is 0 Å². The van der Waals surface area contributed by atoms with Crippen LogP contribution in [0.1, 0.15) is 0 Å². The number of carbonyl (C=O) groups is 3. The molecule has 0 aromatic heterocycles. The van der Waals surface area contributed by atoms with Crippen molar-refractivity contribution in [1.82, 2.24) is 5.32 Å². The first kappa shape index (κ1) is 14.5. The van der Waals surface area contributed by atoms with Gasteiger partial charge in [0.1, 0.15) is 6.04 Å². The average Bonchev–Trinajstić information content (AvgIpc) is 2.31. The number of esters is 2. The van der Waals surface area contributed by atoms with E-state index in [4.69, 9.17) is 0 Å². The summed E-state index contributed by atoms with van der Waals surface area (Å²) >= 11 is 3.88. The second kappa shape index (κ2) is 7.75. The van der Waals surface area contributed by atoms with Crippen LogP contribution in [-0.4, -0.2) is 43.9 Å². The smallest absolute Gasteiger partial charge is 0.330 e. The van der Waals surface area contributed by atoms with Gasteiger partial charge in [-0.3, -0.25) is 4.79 Å². The molecule has 0 aliphatic heterocycles. The van der Waals surface area contributed by atoms with Gasteiger partial charge in [-0.2, -0.15) is 12.6 Å². The molecule has 0 aromatic rings. The standard InChI is InChI=1S/C9H13NO5S/c1-14-8(12)4-3-7(11)10-6(5-16)9(13)15-2/h3-4,6,16H,5H2,1-2H3,(H,10,11). The summed E-state index contributed by atoms with van der Waals surface area (Å²) in [7, 11) is 2.39. The molecule has 0 aliphatic rings. The predicted molar refractivity (Wildman–Crippen MR) is 59.0 cm³/mol. The molecule has 0 rings (SSSR count). The maximum absolute atomic E-state index is 11.2. The van der Waals surface area contributed by atoms with Crippen LogP contribution in [0.25, 0.3) is 0 Å². The Morgan fingerprint density at radius 1 is 1.25 bits per heavy atom. The summed E-state index contributed by atoms with van der Waals surface area (Å²) in [5.74, 6) is -1.76. The summed E-state index contributed by atoms with van der Waals surface area (Å²) in [6.07, 6.45) is 1.91. The highest BCUT2D eigenvalue weighted by molar-refractivity contribution is 7.80. The van der Waals surface area contributed by atoms with Crippen molar-refractivity contribution in [2.45, 2.75) is 6.04 Å². The van der Waals surface area contributed by atoms with Crippen molar-refractivity contribution in [3.05, 3.63) is 12.2 Å². The summed E-state index contributed by atoms with van der Waals surface area (Å²) in [4.78, 5) is 32.9. The third-order valence-electron chi connectivity index (χ3n) is 1.56. The normalized spacial score (nSPS) is 11.9. The third kappa shape index (κ3) is 5.40. The highest BCUT2D eigenvalue weighted by Crippen LogP contribution is 1.92. The van der Waals surface area contributed by atoms with Crippen LogP contribution in [0.4, 0.5) is 0 Å². The second-order valence-corrected chi connectivity index (χ2v) is 2.99. The van der Waals surface area contributed by atoms with Gasteiger partial charge in [-0.05, 0) is 0 Å². The molecule has 0 aromatic carbocycles. The molecule has 0 radical (unpaired) electrons. The number of hydrogen-bond donors (Lipinski definition) is 2. The van der Waals surface area contributed by atoms with Gasteiger partial charge in [-0.1, -0.05) is 0 Å². The Hall–Kier alpha value is -1.50. The fourth-order valence-electron chi connectivity index (χ4n) is 0.753. The molecule has 90 valence electrons. The van der Waals surface area contributed by atoms with E-state index in [-0.39, 0.29) is 5.75 Å². The van der Waals surface area contributed by atoms with Crippen molar-refractivity contribution in [2.24, 2.45) is 0 Å². The molecule has 1 N–H and O–H groups in total. The van der Waals surface area contributed by atoms with E-state index < -0.39 is 23.9 Å². The van der Waals surface area contributed by atoms with E-state index >= 15 is 0 Å². The van der Waals surface area contributed by atoms with Crippen LogP contribution in [-0.2, 0) is 23.9 Å². The lowest BCUT2D eigenvalue weighted by Crippen LogP contribution is -2.42. The molecule has 0 aliphatic carbocycles. The summed E-state index contributed by atoms with van der Waals surface area (Å²) in [5, 5.41) is 2.31. The Labute approximate surface area is 98.4 Å². The van der Waals surface area contributed by atoms with Crippen molar-refractivity contribution in [1.29, 1.82) is 0 Å². The van der Waals surface area contributed by atoms with E-state index in [2.05, 4.69) is 27.4 Å². The molecule has 0 saturated carbocycles. The van der Waals surface area contributed by atoms with E-state index in [0.29, 0.717) is 0 Å². The van der Waals surface area contributed by atoms with Crippen LogP contribution >= 0.6 is 12.6 Å². The SMILES string of the molecule is COC(=O)C=CC(=O)NC(CS)C(=O)OC. The molecule has 1 unspecified atom stereocenters. The van der Waals surface area contributed by atoms with Gasteiger partial charge in [-0.25, -0.2) is 9.59 Å². The molecule has 16 heavy (non-hydrogen) atoms. The lowest BCUT2D eigenvalue weighted by Gasteiger charge is -2.12. The minimum absolute atomic E-state index is 0.102. The van der Waals surface area contributed by atoms with Gasteiger partial charge in [0.25, 0.3) is 0 Å². The van der Waals surface area contributed by atoms with Gasteiger partial charge in [-0.15, -0.1) is 0 Å². The van der Waals surface area contributed by atoms with Gasteiger partial charge in [0.15, 0.2) is 0 Å². The lowest BCUT2D eigenvalue weighted by atomic mass is 10.3. The van der Waals surface area contributed by atoms with Gasteiger partial charge in [0, 0.05) is 17.9 Å². The highest BCUT2D eigenvalue weighted by Gasteiger charge is 2.18. The highest BCUT2D eigenvalue weighted by atomic mass is 32.1. The predicted octanol–water partition coefficient (Wildman–Crippen LogP) is -0.697. The van der Waals surface area contributed by atoms with Crippen LogP contribution in [0.3, 0.4) is 0 Å².